The molecule has 1 heterocycles. The van der Waals surface area contributed by atoms with Crippen molar-refractivity contribution in [3.63, 3.8) is 0 Å². The molecule has 0 radical (unpaired) electrons. The molecule has 0 aliphatic carbocycles. The molecule has 0 N–H and O–H groups in total. The molecule has 3 rings (SSSR count). The molecule has 0 amide bonds. The van der Waals surface area contributed by atoms with Crippen LogP contribution in [0, 0.1) is 0 Å². The van der Waals surface area contributed by atoms with E-state index in [1.807, 2.05) is 0 Å². The molecule has 1 atom stereocenters. The summed E-state index contributed by atoms with van der Waals surface area (Å²) in [6.07, 6.45) is 1.42. The summed E-state index contributed by atoms with van der Waals surface area (Å²) in [5, 5.41) is 4.52. The SMILES string of the molecule is C=C[Si]1(c2cccc3ccccc23)CCC[Si](C)(C)C1. The normalized spacial score (nSPS) is 25.5. The Bertz CT molecular complexity index is 639. The summed E-state index contributed by atoms with van der Waals surface area (Å²) < 4.78 is 0. The second-order valence-corrected chi connectivity index (χ2v) is 17.1. The van der Waals surface area contributed by atoms with Gasteiger partial charge in [0.25, 0.3) is 0 Å². The van der Waals surface area contributed by atoms with Crippen LogP contribution in [0.15, 0.2) is 54.7 Å². The maximum absolute atomic E-state index is 4.29. The van der Waals surface area contributed by atoms with Gasteiger partial charge in [0.15, 0.2) is 0 Å². The summed E-state index contributed by atoms with van der Waals surface area (Å²) in [5.41, 5.74) is 3.88. The van der Waals surface area contributed by atoms with E-state index in [1.165, 1.54) is 34.9 Å². The zero-order chi connectivity index (χ0) is 14.2. The minimum absolute atomic E-state index is 1.03. The molecule has 1 aliphatic rings. The lowest BCUT2D eigenvalue weighted by Gasteiger charge is -2.41. The molecule has 1 fully saturated rings. The van der Waals surface area contributed by atoms with Crippen molar-refractivity contribution < 1.29 is 0 Å². The quantitative estimate of drug-likeness (QED) is 0.693. The van der Waals surface area contributed by atoms with Gasteiger partial charge in [-0.05, 0) is 16.0 Å². The minimum atomic E-state index is -1.51. The molecule has 2 aromatic carbocycles. The lowest BCUT2D eigenvalue weighted by Crippen LogP contribution is -2.55. The Balaban J connectivity index is 2.19. The minimum Gasteiger partial charge on any atom is -0.107 e. The lowest BCUT2D eigenvalue weighted by atomic mass is 10.1. The zero-order valence-electron chi connectivity index (χ0n) is 12.7. The second-order valence-electron chi connectivity index (χ2n) is 7.08. The highest BCUT2D eigenvalue weighted by molar-refractivity contribution is 7.07. The van der Waals surface area contributed by atoms with Gasteiger partial charge < -0.3 is 0 Å². The van der Waals surface area contributed by atoms with E-state index in [1.54, 1.807) is 5.19 Å². The molecule has 0 aromatic heterocycles. The van der Waals surface area contributed by atoms with Crippen LogP contribution in [-0.4, -0.2) is 16.1 Å². The molecule has 2 aromatic rings. The fraction of sp³-hybridized carbons (Fsp3) is 0.333. The van der Waals surface area contributed by atoms with Crippen LogP contribution in [-0.2, 0) is 0 Å². The van der Waals surface area contributed by atoms with Crippen molar-refractivity contribution in [2.45, 2.75) is 37.3 Å². The molecule has 2 heteroatoms. The molecule has 0 saturated carbocycles. The number of benzene rings is 2. The van der Waals surface area contributed by atoms with E-state index in [0.29, 0.717) is 0 Å². The van der Waals surface area contributed by atoms with Crippen LogP contribution in [0.2, 0.25) is 30.8 Å². The first-order chi connectivity index (χ1) is 9.56. The lowest BCUT2D eigenvalue weighted by molar-refractivity contribution is 0.988. The second kappa shape index (κ2) is 5.01. The summed E-state index contributed by atoms with van der Waals surface area (Å²) >= 11 is 0. The van der Waals surface area contributed by atoms with Gasteiger partial charge in [0.2, 0.25) is 0 Å². The Morgan fingerprint density at radius 3 is 2.50 bits per heavy atom. The van der Waals surface area contributed by atoms with Crippen molar-refractivity contribution in [2.24, 2.45) is 0 Å². The number of hydrogen-bond donors (Lipinski definition) is 0. The van der Waals surface area contributed by atoms with Crippen LogP contribution in [0.25, 0.3) is 10.8 Å². The van der Waals surface area contributed by atoms with Crippen molar-refractivity contribution in [3.8, 4) is 0 Å². The summed E-state index contributed by atoms with van der Waals surface area (Å²) in [4.78, 5) is 0. The Morgan fingerprint density at radius 2 is 1.75 bits per heavy atom. The average molecular weight is 297 g/mol. The number of fused-ring (bicyclic) bond motifs is 1. The predicted octanol–water partition coefficient (Wildman–Crippen LogP) is 4.87. The van der Waals surface area contributed by atoms with E-state index in [9.17, 15) is 0 Å². The number of hydrogen-bond acceptors (Lipinski definition) is 0. The van der Waals surface area contributed by atoms with E-state index in [4.69, 9.17) is 0 Å². The third-order valence-electron chi connectivity index (χ3n) is 4.99. The maximum atomic E-state index is 4.29. The van der Waals surface area contributed by atoms with Gasteiger partial charge in [-0.3, -0.25) is 0 Å². The van der Waals surface area contributed by atoms with Crippen LogP contribution >= 0.6 is 0 Å². The van der Waals surface area contributed by atoms with E-state index >= 15 is 0 Å². The third kappa shape index (κ3) is 2.31. The Labute approximate surface area is 124 Å². The molecule has 104 valence electrons. The Morgan fingerprint density at radius 1 is 1.00 bits per heavy atom. The number of rotatable bonds is 2. The first kappa shape index (κ1) is 13.8. The monoisotopic (exact) mass is 296 g/mol. The zero-order valence-corrected chi connectivity index (χ0v) is 14.7. The molecular weight excluding hydrogens is 272 g/mol. The van der Waals surface area contributed by atoms with Crippen LogP contribution in [0.3, 0.4) is 0 Å². The summed E-state index contributed by atoms with van der Waals surface area (Å²) in [7, 11) is -2.53. The van der Waals surface area contributed by atoms with Gasteiger partial charge in [0.05, 0.1) is 0 Å². The van der Waals surface area contributed by atoms with E-state index in [0.717, 1.165) is 0 Å². The first-order valence-electron chi connectivity index (χ1n) is 7.68. The van der Waals surface area contributed by atoms with Crippen LogP contribution in [0.5, 0.6) is 0 Å². The van der Waals surface area contributed by atoms with E-state index < -0.39 is 16.1 Å². The Hall–Kier alpha value is -1.13. The van der Waals surface area contributed by atoms with E-state index in [-0.39, 0.29) is 0 Å². The molecule has 1 aliphatic heterocycles. The van der Waals surface area contributed by atoms with Gasteiger partial charge in [0, 0.05) is 8.07 Å². The molecule has 0 nitrogen and oxygen atoms in total. The maximum Gasteiger partial charge on any atom is 0.107 e. The van der Waals surface area contributed by atoms with Gasteiger partial charge in [-0.25, -0.2) is 0 Å². The van der Waals surface area contributed by atoms with Gasteiger partial charge in [0.1, 0.15) is 8.07 Å². The fourth-order valence-corrected chi connectivity index (χ4v) is 17.9. The summed E-state index contributed by atoms with van der Waals surface area (Å²) in [6.45, 7) is 9.43. The smallest absolute Gasteiger partial charge is 0.107 e. The van der Waals surface area contributed by atoms with Crippen LogP contribution in [0.1, 0.15) is 6.42 Å². The molecule has 0 bridgehead atoms. The van der Waals surface area contributed by atoms with Gasteiger partial charge in [-0.1, -0.05) is 85.4 Å². The topological polar surface area (TPSA) is 0 Å². The predicted molar refractivity (Wildman–Crippen MR) is 96.1 cm³/mol. The van der Waals surface area contributed by atoms with Gasteiger partial charge in [-0.15, -0.1) is 6.58 Å². The summed E-state index contributed by atoms with van der Waals surface area (Å²) in [6, 6.07) is 18.7. The fourth-order valence-electron chi connectivity index (χ4n) is 4.09. The van der Waals surface area contributed by atoms with Crippen molar-refractivity contribution in [3.05, 3.63) is 54.7 Å². The molecule has 0 spiro atoms. The Kier molecular flexibility index (Phi) is 3.47. The van der Waals surface area contributed by atoms with Crippen molar-refractivity contribution in [1.29, 1.82) is 0 Å². The average Bonchev–Trinajstić information content (AvgIpc) is 2.45. The molecule has 1 saturated heterocycles. The first-order valence-corrected chi connectivity index (χ1v) is 13.6. The highest BCUT2D eigenvalue weighted by Gasteiger charge is 2.42. The van der Waals surface area contributed by atoms with Crippen molar-refractivity contribution in [2.75, 3.05) is 0 Å². The largest absolute Gasteiger partial charge is 0.107 e. The highest BCUT2D eigenvalue weighted by atomic mass is 28.4. The molecular formula is C18H24Si2. The van der Waals surface area contributed by atoms with Crippen molar-refractivity contribution in [1.82, 2.24) is 0 Å². The highest BCUT2D eigenvalue weighted by Crippen LogP contribution is 2.36. The van der Waals surface area contributed by atoms with Gasteiger partial charge >= 0.3 is 0 Å². The van der Waals surface area contributed by atoms with Crippen LogP contribution < -0.4 is 5.19 Å². The van der Waals surface area contributed by atoms with Crippen LogP contribution in [0.4, 0.5) is 0 Å². The van der Waals surface area contributed by atoms with Crippen molar-refractivity contribution >= 4 is 32.1 Å². The van der Waals surface area contributed by atoms with E-state index in [2.05, 4.69) is 67.8 Å². The molecule has 1 unspecified atom stereocenters. The van der Waals surface area contributed by atoms with Gasteiger partial charge in [-0.2, -0.15) is 0 Å². The standard InChI is InChI=1S/C18H24Si2/c1-4-20(14-8-13-19(2,3)15-20)18-12-7-10-16-9-5-6-11-17(16)18/h4-7,9-12H,1,8,13-15H2,2-3H3. The third-order valence-corrected chi connectivity index (χ3v) is 16.6. The molecule has 20 heavy (non-hydrogen) atoms. The summed E-state index contributed by atoms with van der Waals surface area (Å²) in [5.74, 6) is 0.